The molecular formula is C73H65Cl2F2N17O12. The van der Waals surface area contributed by atoms with Crippen molar-refractivity contribution in [1.82, 2.24) is 78.9 Å². The molecule has 29 nitrogen and oxygen atoms in total. The van der Waals surface area contributed by atoms with Crippen LogP contribution in [0.1, 0.15) is 62.1 Å². The SMILES string of the molecule is COc1cnc(-n2cc(Cl)cn2)c2[nH]cc(C(=O)C(=O)N3CCN(C(=O)c4ccccc4)CC3)c12.COc1cnc(-n2cc(F)cn2)c2[nH]cc(C(=O)C(=O)N3CCN(C(=O)c4ccccc4)CC3)c12.COc1cnc(Cl)c2[nH]cc(C(=O)C(=O)N3CCN(C(=O)c4ccccc4)CC3)c12.FC1=CCN=C1. The van der Waals surface area contributed by atoms with Crippen molar-refractivity contribution >= 4 is 115 Å². The Bertz CT molecular complexity index is 4990. The van der Waals surface area contributed by atoms with Crippen LogP contribution in [0.25, 0.3) is 44.3 Å². The van der Waals surface area contributed by atoms with E-state index in [4.69, 9.17) is 37.4 Å². The van der Waals surface area contributed by atoms with Crippen LogP contribution in [0, 0.1) is 5.82 Å². The number of methoxy groups -OCH3 is 3. The molecule has 15 rings (SSSR count). The Balaban J connectivity index is 0.000000143. The summed E-state index contributed by atoms with van der Waals surface area (Å²) in [5.74, 6) is -3.40. The number of Topliss-reactive ketones (excluding diaryl/α,β-unsaturated/α-hetero) is 3. The van der Waals surface area contributed by atoms with Gasteiger partial charge in [0.15, 0.2) is 22.6 Å². The second-order valence-electron chi connectivity index (χ2n) is 23.9. The maximum absolute atomic E-state index is 13.5. The van der Waals surface area contributed by atoms with Crippen molar-refractivity contribution in [2.45, 2.75) is 0 Å². The van der Waals surface area contributed by atoms with Crippen LogP contribution < -0.4 is 14.2 Å². The Morgan fingerprint density at radius 2 is 0.764 bits per heavy atom. The molecule has 8 aromatic heterocycles. The molecule has 542 valence electrons. The average Bonchev–Trinajstić information content (AvgIpc) is 1.72. The minimum atomic E-state index is -0.721. The molecule has 0 atom stereocenters. The van der Waals surface area contributed by atoms with Crippen molar-refractivity contribution in [3.05, 3.63) is 214 Å². The molecule has 0 bridgehead atoms. The number of H-pyrrole nitrogens is 3. The van der Waals surface area contributed by atoms with Gasteiger partial charge in [-0.05, 0) is 42.5 Å². The van der Waals surface area contributed by atoms with Gasteiger partial charge in [-0.15, -0.1) is 0 Å². The first-order valence-electron chi connectivity index (χ1n) is 32.9. The van der Waals surface area contributed by atoms with Gasteiger partial charge in [0.2, 0.25) is 0 Å². The number of amides is 6. The molecule has 0 unspecified atom stereocenters. The van der Waals surface area contributed by atoms with Crippen LogP contribution in [0.3, 0.4) is 0 Å². The second-order valence-corrected chi connectivity index (χ2v) is 24.7. The zero-order valence-electron chi connectivity index (χ0n) is 57.0. The quantitative estimate of drug-likeness (QED) is 0.0528. The highest BCUT2D eigenvalue weighted by Gasteiger charge is 2.35. The van der Waals surface area contributed by atoms with Crippen molar-refractivity contribution in [3.63, 3.8) is 0 Å². The Labute approximate surface area is 611 Å². The van der Waals surface area contributed by atoms with Crippen LogP contribution in [0.15, 0.2) is 170 Å². The molecule has 3 saturated heterocycles. The van der Waals surface area contributed by atoms with Gasteiger partial charge in [-0.25, -0.2) is 33.1 Å². The fourth-order valence-electron chi connectivity index (χ4n) is 12.2. The van der Waals surface area contributed by atoms with Crippen LogP contribution in [-0.2, 0) is 14.4 Å². The first kappa shape index (κ1) is 73.0. The van der Waals surface area contributed by atoms with Gasteiger partial charge in [0.05, 0.1) is 132 Å². The number of nitrogens with one attached hydrogen (secondary N) is 3. The van der Waals surface area contributed by atoms with E-state index in [1.807, 2.05) is 42.5 Å². The van der Waals surface area contributed by atoms with Gasteiger partial charge in [0, 0.05) is 114 Å². The molecule has 0 saturated carbocycles. The van der Waals surface area contributed by atoms with Gasteiger partial charge >= 0.3 is 0 Å². The van der Waals surface area contributed by atoms with E-state index in [0.717, 1.165) is 12.4 Å². The van der Waals surface area contributed by atoms with Crippen molar-refractivity contribution in [2.24, 2.45) is 4.99 Å². The van der Waals surface area contributed by atoms with Crippen LogP contribution in [0.2, 0.25) is 10.2 Å². The summed E-state index contributed by atoms with van der Waals surface area (Å²) in [5, 5.41) is 9.91. The van der Waals surface area contributed by atoms with E-state index in [1.165, 1.54) is 101 Å². The molecular weight excluding hydrogens is 1420 g/mol. The smallest absolute Gasteiger partial charge is 0.295 e. The van der Waals surface area contributed by atoms with E-state index in [9.17, 15) is 51.9 Å². The molecule has 33 heteroatoms. The molecule has 0 spiro atoms. The van der Waals surface area contributed by atoms with Crippen molar-refractivity contribution < 1.29 is 66.1 Å². The molecule has 11 aromatic rings. The van der Waals surface area contributed by atoms with E-state index in [-0.39, 0.29) is 96.2 Å². The molecule has 4 aliphatic heterocycles. The molecule has 6 amide bonds. The fraction of sp³-hybridized carbons (Fsp3) is 0.219. The number of benzene rings is 3. The van der Waals surface area contributed by atoms with Crippen LogP contribution in [0.5, 0.6) is 17.2 Å². The largest absolute Gasteiger partial charge is 0.494 e. The number of hydrogen-bond acceptors (Lipinski definition) is 18. The van der Waals surface area contributed by atoms with E-state index < -0.39 is 40.9 Å². The topological polar surface area (TPSA) is 335 Å². The van der Waals surface area contributed by atoms with Gasteiger partial charge in [0.25, 0.3) is 52.8 Å². The highest BCUT2D eigenvalue weighted by molar-refractivity contribution is 6.47. The van der Waals surface area contributed by atoms with Gasteiger partial charge in [-0.3, -0.25) is 48.1 Å². The average molecular weight is 1480 g/mol. The first-order valence-corrected chi connectivity index (χ1v) is 33.7. The summed E-state index contributed by atoms with van der Waals surface area (Å²) in [4.78, 5) is 151. The third-order valence-electron chi connectivity index (χ3n) is 17.7. The van der Waals surface area contributed by atoms with Gasteiger partial charge in [-0.2, -0.15) is 10.2 Å². The number of ketones is 3. The van der Waals surface area contributed by atoms with Crippen molar-refractivity contribution in [2.75, 3.05) is 106 Å². The number of nitrogens with zero attached hydrogens (tertiary/aromatic N) is 14. The number of carbonyl (C=O) groups excluding carboxylic acids is 9. The van der Waals surface area contributed by atoms with E-state index in [1.54, 1.807) is 69.4 Å². The Hall–Kier alpha value is -12.8. The maximum atomic E-state index is 13.5. The minimum absolute atomic E-state index is 0.0856. The number of halogens is 4. The first-order chi connectivity index (χ1) is 51.3. The number of rotatable bonds is 14. The van der Waals surface area contributed by atoms with Gasteiger partial charge in [-0.1, -0.05) is 77.8 Å². The molecule has 12 heterocycles. The van der Waals surface area contributed by atoms with Crippen LogP contribution in [0.4, 0.5) is 8.78 Å². The normalized spacial score (nSPS) is 14.1. The summed E-state index contributed by atoms with van der Waals surface area (Å²) in [7, 11) is 4.35. The third kappa shape index (κ3) is 15.6. The number of piperazine rings is 3. The Morgan fingerprint density at radius 3 is 1.08 bits per heavy atom. The maximum Gasteiger partial charge on any atom is 0.295 e. The molecule has 3 N–H and O–H groups in total. The second kappa shape index (κ2) is 32.7. The third-order valence-corrected chi connectivity index (χ3v) is 18.2. The predicted octanol–water partition coefficient (Wildman–Crippen LogP) is 7.96. The summed E-state index contributed by atoms with van der Waals surface area (Å²) in [6, 6.07) is 26.9. The van der Waals surface area contributed by atoms with Crippen LogP contribution >= 0.6 is 23.2 Å². The number of aromatic nitrogens is 10. The summed E-state index contributed by atoms with van der Waals surface area (Å²) in [5.41, 5.74) is 3.54. The molecule has 4 aliphatic rings. The summed E-state index contributed by atoms with van der Waals surface area (Å²) in [6.07, 6.45) is 16.5. The molecule has 0 aliphatic carbocycles. The fourth-order valence-corrected chi connectivity index (χ4v) is 12.5. The lowest BCUT2D eigenvalue weighted by Gasteiger charge is -2.34. The van der Waals surface area contributed by atoms with E-state index in [0.29, 0.717) is 118 Å². The number of pyridine rings is 3. The Kier molecular flexibility index (Phi) is 22.5. The van der Waals surface area contributed by atoms with Gasteiger partial charge in [0.1, 0.15) is 23.1 Å². The number of hydrogen-bond donors (Lipinski definition) is 3. The van der Waals surface area contributed by atoms with Crippen molar-refractivity contribution in [1.29, 1.82) is 0 Å². The lowest BCUT2D eigenvalue weighted by atomic mass is 10.1. The highest BCUT2D eigenvalue weighted by atomic mass is 35.5. The number of aliphatic imine (C=N–C) groups is 1. The number of ether oxygens (including phenoxy) is 3. The zero-order valence-corrected chi connectivity index (χ0v) is 58.5. The zero-order chi connectivity index (χ0) is 74.7. The molecule has 3 fully saturated rings. The number of carbonyl (C=O) groups is 9. The molecule has 3 aromatic carbocycles. The molecule has 106 heavy (non-hydrogen) atoms. The standard InChI is InChI=1S/C24H21ClN6O4.C24H21FN6O4.C21H19ClN4O4.C4H4FN/c2*1-35-18-13-27-22(31-14-16(25)11-28-31)20-19(18)17(12-26-20)21(32)24(34)30-9-7-29(8-10-30)23(33)15-5-3-2-4-6-15;1-30-15-12-24-19(22)17-16(15)14(11-23-17)18(27)21(29)26-9-7-25(8-10-26)20(28)13-5-3-2-4-6-13;5-4-1-2-6-3-4/h2*2-6,11-14,26H,7-10H2,1H3;2-6,11-12,23H,7-10H2,1H3;1,3H,2H2. The number of aromatic amines is 3. The summed E-state index contributed by atoms with van der Waals surface area (Å²) < 4.78 is 43.9. The lowest BCUT2D eigenvalue weighted by Crippen LogP contribution is -2.52. The molecule has 0 radical (unpaired) electrons. The highest BCUT2D eigenvalue weighted by Crippen LogP contribution is 2.36. The lowest BCUT2D eigenvalue weighted by molar-refractivity contribution is -0.128. The minimum Gasteiger partial charge on any atom is -0.494 e. The van der Waals surface area contributed by atoms with E-state index >= 15 is 0 Å². The van der Waals surface area contributed by atoms with E-state index in [2.05, 4.69) is 45.1 Å². The summed E-state index contributed by atoms with van der Waals surface area (Å²) in [6.45, 7) is 4.15. The number of allylic oxidation sites excluding steroid dienone is 1. The summed E-state index contributed by atoms with van der Waals surface area (Å²) >= 11 is 12.1. The number of fused-ring (bicyclic) bond motifs is 3. The van der Waals surface area contributed by atoms with Crippen molar-refractivity contribution in [3.8, 4) is 28.9 Å². The van der Waals surface area contributed by atoms with Crippen LogP contribution in [-0.4, -0.2) is 244 Å². The van der Waals surface area contributed by atoms with Gasteiger partial charge < -0.3 is 58.6 Å². The Morgan fingerprint density at radius 1 is 0.425 bits per heavy atom. The predicted molar refractivity (Wildman–Crippen MR) is 384 cm³/mol. The monoisotopic (exact) mass is 1480 g/mol.